The lowest BCUT2D eigenvalue weighted by atomic mass is 9.81. The van der Waals surface area contributed by atoms with Gasteiger partial charge in [0, 0.05) is 6.20 Å². The first-order valence-electron chi connectivity index (χ1n) is 12.1. The molecule has 1 atom stereocenters. The third-order valence-corrected chi connectivity index (χ3v) is 6.67. The van der Waals surface area contributed by atoms with Crippen LogP contribution in [0.15, 0.2) is 109 Å². The maximum absolute atomic E-state index is 12.7. The lowest BCUT2D eigenvalue weighted by Gasteiger charge is -2.36. The number of hydrogen-bond acceptors (Lipinski definition) is 3. The van der Waals surface area contributed by atoms with Gasteiger partial charge in [0.25, 0.3) is 0 Å². The number of hydrogen-bond donors (Lipinski definition) is 1. The van der Waals surface area contributed by atoms with Gasteiger partial charge in [-0.05, 0) is 50.2 Å². The van der Waals surface area contributed by atoms with Crippen LogP contribution >= 0.6 is 0 Å². The van der Waals surface area contributed by atoms with Crippen molar-refractivity contribution in [3.8, 4) is 0 Å². The van der Waals surface area contributed by atoms with Crippen molar-refractivity contribution in [3.63, 3.8) is 0 Å². The van der Waals surface area contributed by atoms with Gasteiger partial charge in [-0.3, -0.25) is 4.98 Å². The van der Waals surface area contributed by atoms with Crippen molar-refractivity contribution in [1.82, 2.24) is 4.98 Å². The van der Waals surface area contributed by atoms with Crippen LogP contribution in [0, 0.1) is 5.41 Å². The fraction of sp³-hybridized carbons (Fsp3) is 0.219. The molecule has 0 spiro atoms. The Bertz CT molecular complexity index is 1360. The molecule has 1 aromatic heterocycles. The average molecular weight is 462 g/mol. The lowest BCUT2D eigenvalue weighted by molar-refractivity contribution is -0.0898. The number of aliphatic hydroxyl groups is 1. The Hall–Kier alpha value is -3.53. The minimum Gasteiger partial charge on any atom is -0.378 e. The van der Waals surface area contributed by atoms with Crippen LogP contribution in [0.25, 0.3) is 21.5 Å². The first kappa shape index (κ1) is 23.2. The molecule has 5 aromatic rings. The number of benzene rings is 4. The van der Waals surface area contributed by atoms with Crippen molar-refractivity contribution in [1.29, 1.82) is 0 Å². The van der Waals surface area contributed by atoms with E-state index in [2.05, 4.69) is 62.2 Å². The first-order valence-corrected chi connectivity index (χ1v) is 12.1. The maximum Gasteiger partial charge on any atom is 0.139 e. The van der Waals surface area contributed by atoms with Gasteiger partial charge in [0.2, 0.25) is 0 Å². The zero-order valence-corrected chi connectivity index (χ0v) is 20.5. The Morgan fingerprint density at radius 3 is 1.71 bits per heavy atom. The Morgan fingerprint density at radius 2 is 1.20 bits per heavy atom. The van der Waals surface area contributed by atoms with Crippen LogP contribution < -0.4 is 0 Å². The molecule has 0 aliphatic carbocycles. The van der Waals surface area contributed by atoms with Crippen LogP contribution in [0.3, 0.4) is 0 Å². The number of ether oxygens (including phenoxy) is 1. The van der Waals surface area contributed by atoms with E-state index in [0.717, 1.165) is 38.4 Å². The zero-order chi connectivity index (χ0) is 24.5. The second-order valence-corrected chi connectivity index (χ2v) is 10.2. The second kappa shape index (κ2) is 9.26. The highest BCUT2D eigenvalue weighted by molar-refractivity contribution is 5.90. The van der Waals surface area contributed by atoms with E-state index in [1.807, 2.05) is 66.7 Å². The van der Waals surface area contributed by atoms with Gasteiger partial charge in [0.15, 0.2) is 0 Å². The topological polar surface area (TPSA) is 42.4 Å². The predicted molar refractivity (Wildman–Crippen MR) is 143 cm³/mol. The van der Waals surface area contributed by atoms with Crippen LogP contribution in [-0.2, 0) is 10.3 Å². The van der Waals surface area contributed by atoms with Crippen molar-refractivity contribution >= 4 is 21.5 Å². The molecule has 5 rings (SSSR count). The Balaban J connectivity index is 1.69. The van der Waals surface area contributed by atoms with E-state index in [0.29, 0.717) is 0 Å². The number of nitrogens with zero attached hydrogens (tertiary/aromatic N) is 1. The minimum absolute atomic E-state index is 0.0908. The summed E-state index contributed by atoms with van der Waals surface area (Å²) in [7, 11) is 0. The Labute approximate surface area is 207 Å². The van der Waals surface area contributed by atoms with Crippen LogP contribution in [0.5, 0.6) is 0 Å². The largest absolute Gasteiger partial charge is 0.378 e. The number of aromatic nitrogens is 1. The van der Waals surface area contributed by atoms with Gasteiger partial charge in [-0.25, -0.2) is 0 Å². The minimum atomic E-state index is -1.37. The molecule has 35 heavy (non-hydrogen) atoms. The molecular weight excluding hydrogens is 430 g/mol. The summed E-state index contributed by atoms with van der Waals surface area (Å²) in [4.78, 5) is 4.58. The van der Waals surface area contributed by atoms with E-state index < -0.39 is 5.60 Å². The van der Waals surface area contributed by atoms with Gasteiger partial charge in [0.1, 0.15) is 11.7 Å². The van der Waals surface area contributed by atoms with E-state index in [9.17, 15) is 5.11 Å². The molecule has 4 aromatic carbocycles. The molecule has 0 bridgehead atoms. The van der Waals surface area contributed by atoms with Crippen molar-refractivity contribution in [3.05, 3.63) is 126 Å². The Morgan fingerprint density at radius 1 is 0.686 bits per heavy atom. The van der Waals surface area contributed by atoms with E-state index in [1.165, 1.54) is 0 Å². The maximum atomic E-state index is 12.7. The zero-order valence-electron chi connectivity index (χ0n) is 20.5. The fourth-order valence-corrected chi connectivity index (χ4v) is 4.99. The highest BCUT2D eigenvalue weighted by Crippen LogP contribution is 2.42. The summed E-state index contributed by atoms with van der Waals surface area (Å²) in [5, 5.41) is 16.9. The Kier molecular flexibility index (Phi) is 6.14. The van der Waals surface area contributed by atoms with Crippen molar-refractivity contribution in [2.75, 3.05) is 6.61 Å². The van der Waals surface area contributed by atoms with E-state index >= 15 is 0 Å². The van der Waals surface area contributed by atoms with Gasteiger partial charge < -0.3 is 9.84 Å². The first-order chi connectivity index (χ1) is 16.9. The third-order valence-electron chi connectivity index (χ3n) is 6.67. The SMILES string of the molecule is CC(C)(C)[C@H](OCC(O)(c1cccc2ccccc12)c1cccc2ccccc12)c1ccccn1. The van der Waals surface area contributed by atoms with Crippen LogP contribution in [0.1, 0.15) is 43.7 Å². The molecule has 0 amide bonds. The lowest BCUT2D eigenvalue weighted by Crippen LogP contribution is -2.36. The molecule has 0 saturated carbocycles. The van der Waals surface area contributed by atoms with E-state index in [1.54, 1.807) is 6.20 Å². The molecule has 0 aliphatic heterocycles. The van der Waals surface area contributed by atoms with Crippen LogP contribution in [-0.4, -0.2) is 16.7 Å². The van der Waals surface area contributed by atoms with Gasteiger partial charge in [-0.15, -0.1) is 0 Å². The normalized spacial score (nSPS) is 13.3. The van der Waals surface area contributed by atoms with Crippen molar-refractivity contribution < 1.29 is 9.84 Å². The van der Waals surface area contributed by atoms with Crippen LogP contribution in [0.4, 0.5) is 0 Å². The third kappa shape index (κ3) is 4.45. The number of pyridine rings is 1. The van der Waals surface area contributed by atoms with Crippen molar-refractivity contribution in [2.24, 2.45) is 5.41 Å². The molecule has 0 fully saturated rings. The summed E-state index contributed by atoms with van der Waals surface area (Å²) in [6, 6.07) is 34.5. The highest BCUT2D eigenvalue weighted by atomic mass is 16.5. The number of fused-ring (bicyclic) bond motifs is 2. The molecule has 3 nitrogen and oxygen atoms in total. The van der Waals surface area contributed by atoms with E-state index in [-0.39, 0.29) is 18.1 Å². The molecule has 1 N–H and O–H groups in total. The van der Waals surface area contributed by atoms with Crippen LogP contribution in [0.2, 0.25) is 0 Å². The monoisotopic (exact) mass is 461 g/mol. The highest BCUT2D eigenvalue weighted by Gasteiger charge is 2.38. The standard InChI is InChI=1S/C32H31NO2/c1-31(2,3)30(29-20-8-9-21-33-29)35-22-32(34,27-18-10-14-23-12-4-6-16-25(23)27)28-19-11-15-24-13-5-7-17-26(24)28/h4-21,30,34H,22H2,1-3H3/t30-/m1/s1. The molecule has 0 saturated heterocycles. The summed E-state index contributed by atoms with van der Waals surface area (Å²) in [5.41, 5.74) is 0.937. The van der Waals surface area contributed by atoms with Gasteiger partial charge in [-0.2, -0.15) is 0 Å². The molecule has 0 unspecified atom stereocenters. The molecule has 1 heterocycles. The molecule has 3 heteroatoms. The van der Waals surface area contributed by atoms with Crippen molar-refractivity contribution in [2.45, 2.75) is 32.5 Å². The quantitative estimate of drug-likeness (QED) is 0.286. The average Bonchev–Trinajstić information content (AvgIpc) is 2.88. The summed E-state index contributed by atoms with van der Waals surface area (Å²) in [6.45, 7) is 6.51. The molecular formula is C32H31NO2. The fourth-order valence-electron chi connectivity index (χ4n) is 4.99. The predicted octanol–water partition coefficient (Wildman–Crippen LogP) is 7.43. The summed E-state index contributed by atoms with van der Waals surface area (Å²) in [5.74, 6) is 0. The van der Waals surface area contributed by atoms with Gasteiger partial charge in [-0.1, -0.05) is 112 Å². The van der Waals surface area contributed by atoms with Gasteiger partial charge in [0.05, 0.1) is 12.3 Å². The molecule has 0 aliphatic rings. The molecule has 176 valence electrons. The molecule has 0 radical (unpaired) electrons. The second-order valence-electron chi connectivity index (χ2n) is 10.2. The summed E-state index contributed by atoms with van der Waals surface area (Å²) in [6.07, 6.45) is 1.50. The number of rotatable bonds is 6. The summed E-state index contributed by atoms with van der Waals surface area (Å²) < 4.78 is 6.65. The summed E-state index contributed by atoms with van der Waals surface area (Å²) >= 11 is 0. The smallest absolute Gasteiger partial charge is 0.139 e. The van der Waals surface area contributed by atoms with Gasteiger partial charge >= 0.3 is 0 Å². The van der Waals surface area contributed by atoms with E-state index in [4.69, 9.17) is 4.74 Å².